The first-order valence-electron chi connectivity index (χ1n) is 9.64. The zero-order chi connectivity index (χ0) is 21.3. The van der Waals surface area contributed by atoms with Crippen molar-refractivity contribution in [3.63, 3.8) is 0 Å². The fraction of sp³-hybridized carbons (Fsp3) is 0.227. The summed E-state index contributed by atoms with van der Waals surface area (Å²) in [5.74, 6) is -0.843. The highest BCUT2D eigenvalue weighted by Gasteiger charge is 2.24. The molecule has 0 saturated carbocycles. The van der Waals surface area contributed by atoms with E-state index in [0.29, 0.717) is 49.4 Å². The fourth-order valence-electron chi connectivity index (χ4n) is 3.68. The van der Waals surface area contributed by atoms with E-state index in [4.69, 9.17) is 0 Å². The maximum atomic E-state index is 13.9. The van der Waals surface area contributed by atoms with Gasteiger partial charge in [0, 0.05) is 55.4 Å². The van der Waals surface area contributed by atoms with Gasteiger partial charge in [0.05, 0.1) is 5.56 Å². The quantitative estimate of drug-likeness (QED) is 0.650. The molecule has 4 rings (SSSR count). The summed E-state index contributed by atoms with van der Waals surface area (Å²) in [6.07, 6.45) is 0.494. The van der Waals surface area contributed by atoms with E-state index in [2.05, 4.69) is 10.3 Å². The van der Waals surface area contributed by atoms with E-state index >= 15 is 0 Å². The van der Waals surface area contributed by atoms with Crippen LogP contribution < -0.4 is 10.2 Å². The molecule has 0 radical (unpaired) electrons. The minimum atomic E-state index is -0.546. The third-order valence-corrected chi connectivity index (χ3v) is 5.38. The van der Waals surface area contributed by atoms with Crippen molar-refractivity contribution in [2.24, 2.45) is 0 Å². The highest BCUT2D eigenvalue weighted by atomic mass is 19.1. The molecule has 0 atom stereocenters. The summed E-state index contributed by atoms with van der Waals surface area (Å²) in [5, 5.41) is 3.38. The van der Waals surface area contributed by atoms with E-state index in [0.717, 1.165) is 10.9 Å². The minimum absolute atomic E-state index is 0.0333. The Hall–Kier alpha value is -3.68. The first-order valence-corrected chi connectivity index (χ1v) is 9.64. The average molecular weight is 408 g/mol. The van der Waals surface area contributed by atoms with Gasteiger partial charge in [0.25, 0.3) is 11.8 Å². The molecular weight excluding hydrogens is 387 g/mol. The lowest BCUT2D eigenvalue weighted by molar-refractivity contribution is 0.0741. The summed E-state index contributed by atoms with van der Waals surface area (Å²) in [5.41, 5.74) is 2.51. The van der Waals surface area contributed by atoms with Gasteiger partial charge in [0.2, 0.25) is 0 Å². The number of carbonyl (C=O) groups is 3. The predicted molar refractivity (Wildman–Crippen MR) is 112 cm³/mol. The van der Waals surface area contributed by atoms with Crippen LogP contribution in [0.25, 0.3) is 10.9 Å². The van der Waals surface area contributed by atoms with Crippen LogP contribution in [0, 0.1) is 5.82 Å². The van der Waals surface area contributed by atoms with E-state index in [9.17, 15) is 18.8 Å². The molecule has 7 nitrogen and oxygen atoms in total. The van der Waals surface area contributed by atoms with Gasteiger partial charge in [-0.05, 0) is 42.5 Å². The smallest absolute Gasteiger partial charge is 0.270 e. The second-order valence-electron chi connectivity index (χ2n) is 7.17. The summed E-state index contributed by atoms with van der Waals surface area (Å²) in [4.78, 5) is 42.4. The molecule has 1 saturated heterocycles. The van der Waals surface area contributed by atoms with Gasteiger partial charge in [-0.3, -0.25) is 14.4 Å². The number of carbonyl (C=O) groups excluding carboxylic acids is 3. The Bertz CT molecular complexity index is 1130. The Morgan fingerprint density at radius 3 is 2.50 bits per heavy atom. The summed E-state index contributed by atoms with van der Waals surface area (Å²) in [7, 11) is 1.57. The average Bonchev–Trinajstić information content (AvgIpc) is 3.21. The van der Waals surface area contributed by atoms with E-state index in [1.54, 1.807) is 42.3 Å². The number of aromatic nitrogens is 1. The zero-order valence-electron chi connectivity index (χ0n) is 16.4. The number of fused-ring (bicyclic) bond motifs is 1. The summed E-state index contributed by atoms with van der Waals surface area (Å²) < 4.78 is 13.9. The zero-order valence-corrected chi connectivity index (χ0v) is 16.4. The minimum Gasteiger partial charge on any atom is -0.368 e. The van der Waals surface area contributed by atoms with E-state index in [-0.39, 0.29) is 17.4 Å². The first-order chi connectivity index (χ1) is 14.5. The van der Waals surface area contributed by atoms with Gasteiger partial charge < -0.3 is 20.1 Å². The lowest BCUT2D eigenvalue weighted by Gasteiger charge is -2.36. The van der Waals surface area contributed by atoms with E-state index in [1.807, 2.05) is 4.90 Å². The fourth-order valence-corrected chi connectivity index (χ4v) is 3.68. The molecule has 0 bridgehead atoms. The molecule has 1 aliphatic heterocycles. The monoisotopic (exact) mass is 408 g/mol. The number of rotatable bonds is 4. The van der Waals surface area contributed by atoms with Crippen molar-refractivity contribution < 1.29 is 18.8 Å². The van der Waals surface area contributed by atoms with Gasteiger partial charge in [0.15, 0.2) is 6.29 Å². The highest BCUT2D eigenvalue weighted by Crippen LogP contribution is 2.22. The van der Waals surface area contributed by atoms with E-state index in [1.165, 1.54) is 12.1 Å². The van der Waals surface area contributed by atoms with Crippen LogP contribution in [0.1, 0.15) is 31.2 Å². The predicted octanol–water partition coefficient (Wildman–Crippen LogP) is 2.44. The van der Waals surface area contributed by atoms with Crippen LogP contribution in [0.4, 0.5) is 10.1 Å². The van der Waals surface area contributed by atoms with Gasteiger partial charge in [-0.25, -0.2) is 4.39 Å². The van der Waals surface area contributed by atoms with Crippen LogP contribution in [0.3, 0.4) is 0 Å². The van der Waals surface area contributed by atoms with Gasteiger partial charge in [-0.15, -0.1) is 0 Å². The lowest BCUT2D eigenvalue weighted by Crippen LogP contribution is -2.48. The lowest BCUT2D eigenvalue weighted by atomic mass is 10.1. The summed E-state index contributed by atoms with van der Waals surface area (Å²) in [6, 6.07) is 11.5. The molecule has 8 heteroatoms. The molecule has 3 aromatic rings. The van der Waals surface area contributed by atoms with Gasteiger partial charge in [-0.2, -0.15) is 0 Å². The molecule has 2 amide bonds. The molecule has 2 heterocycles. The standard InChI is InChI=1S/C22H21FN4O3/c1-24-21(29)14-3-5-19-16(10-14)11-20(25-19)22(30)27-8-6-26(7-9-27)17-4-2-15(13-28)18(23)12-17/h2-5,10-13,25H,6-9H2,1H3,(H,24,29). The second kappa shape index (κ2) is 7.98. The Balaban J connectivity index is 1.45. The Kier molecular flexibility index (Phi) is 5.22. The molecule has 154 valence electrons. The highest BCUT2D eigenvalue weighted by molar-refractivity contribution is 6.01. The van der Waals surface area contributed by atoms with Crippen molar-refractivity contribution in [1.82, 2.24) is 15.2 Å². The Morgan fingerprint density at radius 2 is 1.83 bits per heavy atom. The number of anilines is 1. The number of amides is 2. The second-order valence-corrected chi connectivity index (χ2v) is 7.17. The van der Waals surface area contributed by atoms with Crippen LogP contribution >= 0.6 is 0 Å². The number of aldehydes is 1. The number of halogens is 1. The molecule has 1 aromatic heterocycles. The number of piperazine rings is 1. The van der Waals surface area contributed by atoms with Crippen molar-refractivity contribution in [3.8, 4) is 0 Å². The number of nitrogens with zero attached hydrogens (tertiary/aromatic N) is 2. The van der Waals surface area contributed by atoms with Crippen molar-refractivity contribution in [1.29, 1.82) is 0 Å². The Morgan fingerprint density at radius 1 is 1.07 bits per heavy atom. The SMILES string of the molecule is CNC(=O)c1ccc2[nH]c(C(=O)N3CCN(c4ccc(C=O)c(F)c4)CC3)cc2c1. The number of hydrogen-bond acceptors (Lipinski definition) is 4. The number of aromatic amines is 1. The van der Waals surface area contributed by atoms with Crippen LogP contribution in [0.2, 0.25) is 0 Å². The number of H-pyrrole nitrogens is 1. The topological polar surface area (TPSA) is 85.5 Å². The third kappa shape index (κ3) is 3.63. The molecule has 1 fully saturated rings. The number of nitrogens with one attached hydrogen (secondary N) is 2. The first kappa shape index (κ1) is 19.6. The van der Waals surface area contributed by atoms with Crippen molar-refractivity contribution in [2.45, 2.75) is 0 Å². The summed E-state index contributed by atoms with van der Waals surface area (Å²) >= 11 is 0. The Labute approximate surface area is 172 Å². The maximum Gasteiger partial charge on any atom is 0.270 e. The van der Waals surface area contributed by atoms with E-state index < -0.39 is 5.82 Å². The van der Waals surface area contributed by atoms with Crippen molar-refractivity contribution in [3.05, 3.63) is 65.1 Å². The molecule has 0 aliphatic carbocycles. The van der Waals surface area contributed by atoms with Crippen molar-refractivity contribution >= 4 is 34.7 Å². The molecule has 2 aromatic carbocycles. The largest absolute Gasteiger partial charge is 0.368 e. The molecular formula is C22H21FN4O3. The number of benzene rings is 2. The van der Waals surface area contributed by atoms with Crippen molar-refractivity contribution in [2.75, 3.05) is 38.1 Å². The normalized spacial score (nSPS) is 14.1. The maximum absolute atomic E-state index is 13.9. The molecule has 0 spiro atoms. The van der Waals surface area contributed by atoms with Crippen LogP contribution in [0.15, 0.2) is 42.5 Å². The van der Waals surface area contributed by atoms with Gasteiger partial charge in [-0.1, -0.05) is 0 Å². The molecule has 2 N–H and O–H groups in total. The van der Waals surface area contributed by atoms with Gasteiger partial charge >= 0.3 is 0 Å². The van der Waals surface area contributed by atoms with Gasteiger partial charge in [0.1, 0.15) is 11.5 Å². The molecule has 1 aliphatic rings. The summed E-state index contributed by atoms with van der Waals surface area (Å²) in [6.45, 7) is 2.11. The molecule has 30 heavy (non-hydrogen) atoms. The molecule has 0 unspecified atom stereocenters. The van der Waals surface area contributed by atoms with Crippen LogP contribution in [-0.4, -0.2) is 61.2 Å². The van der Waals surface area contributed by atoms with Crippen LogP contribution in [-0.2, 0) is 0 Å². The van der Waals surface area contributed by atoms with Crippen LogP contribution in [0.5, 0.6) is 0 Å². The third-order valence-electron chi connectivity index (χ3n) is 5.38. The number of hydrogen-bond donors (Lipinski definition) is 2.